The van der Waals surface area contributed by atoms with Crippen LogP contribution in [0.4, 0.5) is 13.2 Å². The summed E-state index contributed by atoms with van der Waals surface area (Å²) in [6.07, 6.45) is 4.96. The van der Waals surface area contributed by atoms with Crippen LogP contribution in [0.3, 0.4) is 0 Å². The number of benzene rings is 1. The molecule has 2 amide bonds. The maximum Gasteiger partial charge on any atom is 0.416 e. The Kier molecular flexibility index (Phi) is 14.4. The Morgan fingerprint density at radius 3 is 2.30 bits per heavy atom. The lowest BCUT2D eigenvalue weighted by atomic mass is 9.74. The Labute approximate surface area is 332 Å². The van der Waals surface area contributed by atoms with Crippen molar-refractivity contribution >= 4 is 34.9 Å². The normalized spacial score (nSPS) is 20.6. The molecule has 57 heavy (non-hydrogen) atoms. The lowest BCUT2D eigenvalue weighted by molar-refractivity contribution is -0.147. The number of carbonyl (C=O) groups is 6. The molecule has 1 aliphatic heterocycles. The van der Waals surface area contributed by atoms with E-state index in [-0.39, 0.29) is 61.3 Å². The first-order chi connectivity index (χ1) is 27.0. The van der Waals surface area contributed by atoms with Gasteiger partial charge in [-0.05, 0) is 67.6 Å². The van der Waals surface area contributed by atoms with Gasteiger partial charge in [0, 0.05) is 49.9 Å². The summed E-state index contributed by atoms with van der Waals surface area (Å²) in [6, 6.07) is 2.34. The SMILES string of the molecule is CCC[C@H](CC(=O)[C@@H]1C[C@@H](Oc2cccc(C(F)(F)F)c2)CN1C(=O)[C@@H](CC(=O)[C@@H](NC(=O)c1cnccn1)C1CCCCC1)C(C)(C)C)C(=O)C(=O)CC1CC1. The van der Waals surface area contributed by atoms with Gasteiger partial charge in [0.05, 0.1) is 30.4 Å². The number of carbonyl (C=O) groups excluding carboxylic acids is 6. The number of amides is 2. The zero-order valence-corrected chi connectivity index (χ0v) is 33.3. The third kappa shape index (κ3) is 11.8. The molecule has 1 aromatic heterocycles. The first-order valence-corrected chi connectivity index (χ1v) is 20.3. The second kappa shape index (κ2) is 18.8. The fourth-order valence-electron chi connectivity index (χ4n) is 8.19. The zero-order chi connectivity index (χ0) is 41.5. The van der Waals surface area contributed by atoms with Crippen LogP contribution in [0.5, 0.6) is 5.75 Å². The van der Waals surface area contributed by atoms with Crippen LogP contribution in [0, 0.1) is 29.1 Å². The standard InChI is InChI=1S/C43H55F3N4O7/c1-5-10-28(39(54)37(53)19-26-15-16-26)20-35(51)34-22-31(57-30-14-9-13-29(21-30)43(44,45)46)25-50(34)41(56)32(42(2,3)4)23-36(52)38(27-11-7-6-8-12-27)49-40(55)33-24-47-17-18-48-33/h9,13-14,17-18,21,24,26-28,31-32,34,38H,5-8,10-12,15-16,19-20,22-23,25H2,1-4H3,(H,49,55)/t28-,31-,32-,34+,38+/m1/s1. The number of alkyl halides is 3. The maximum absolute atomic E-state index is 14.8. The monoisotopic (exact) mass is 796 g/mol. The highest BCUT2D eigenvalue weighted by Crippen LogP contribution is 2.38. The van der Waals surface area contributed by atoms with Crippen molar-refractivity contribution in [2.75, 3.05) is 6.54 Å². The molecular weight excluding hydrogens is 741 g/mol. The van der Waals surface area contributed by atoms with Gasteiger partial charge in [0.25, 0.3) is 5.91 Å². The van der Waals surface area contributed by atoms with E-state index >= 15 is 0 Å². The van der Waals surface area contributed by atoms with E-state index in [1.165, 1.54) is 35.6 Å². The smallest absolute Gasteiger partial charge is 0.416 e. The Morgan fingerprint density at radius 2 is 1.68 bits per heavy atom. The van der Waals surface area contributed by atoms with E-state index in [9.17, 15) is 41.9 Å². The summed E-state index contributed by atoms with van der Waals surface area (Å²) >= 11 is 0. The highest BCUT2D eigenvalue weighted by atomic mass is 19.4. The summed E-state index contributed by atoms with van der Waals surface area (Å²) in [5.41, 5.74) is -1.68. The number of Topliss-reactive ketones (excluding diaryl/α,β-unsaturated/α-hetero) is 4. The van der Waals surface area contributed by atoms with Crippen molar-refractivity contribution in [3.63, 3.8) is 0 Å². The molecule has 2 heterocycles. The molecule has 0 radical (unpaired) electrons. The van der Waals surface area contributed by atoms with Gasteiger partial charge in [-0.15, -0.1) is 0 Å². The number of nitrogens with one attached hydrogen (secondary N) is 1. The fraction of sp³-hybridized carbons (Fsp3) is 0.628. The van der Waals surface area contributed by atoms with Gasteiger partial charge in [-0.3, -0.25) is 33.8 Å². The van der Waals surface area contributed by atoms with E-state index in [0.29, 0.717) is 25.7 Å². The van der Waals surface area contributed by atoms with Crippen molar-refractivity contribution in [3.8, 4) is 5.75 Å². The summed E-state index contributed by atoms with van der Waals surface area (Å²) in [4.78, 5) is 92.4. The highest BCUT2D eigenvalue weighted by Gasteiger charge is 2.47. The molecule has 2 saturated carbocycles. The van der Waals surface area contributed by atoms with Gasteiger partial charge in [0.15, 0.2) is 17.3 Å². The van der Waals surface area contributed by atoms with Crippen LogP contribution in [0.2, 0.25) is 0 Å². The van der Waals surface area contributed by atoms with E-state index < -0.39 is 76.3 Å². The minimum absolute atomic E-state index is 0.0499. The molecule has 14 heteroatoms. The number of halogens is 3. The van der Waals surface area contributed by atoms with Gasteiger partial charge < -0.3 is 15.0 Å². The highest BCUT2D eigenvalue weighted by molar-refractivity contribution is 6.38. The van der Waals surface area contributed by atoms with Crippen LogP contribution >= 0.6 is 0 Å². The molecule has 0 unspecified atom stereocenters. The molecule has 5 atom stereocenters. The molecule has 0 bridgehead atoms. The largest absolute Gasteiger partial charge is 0.488 e. The van der Waals surface area contributed by atoms with Crippen molar-refractivity contribution in [2.45, 2.75) is 136 Å². The number of aromatic nitrogens is 2. The van der Waals surface area contributed by atoms with Crippen LogP contribution in [0.1, 0.15) is 127 Å². The molecule has 310 valence electrons. The molecular formula is C43H55F3N4O7. The number of nitrogens with zero attached hydrogens (tertiary/aromatic N) is 3. The zero-order valence-electron chi connectivity index (χ0n) is 33.3. The average Bonchev–Trinajstić information content (AvgIpc) is 3.90. The molecule has 1 aromatic carbocycles. The lowest BCUT2D eigenvalue weighted by Crippen LogP contribution is -2.51. The third-order valence-electron chi connectivity index (χ3n) is 11.6. The number of hydrogen-bond acceptors (Lipinski definition) is 9. The van der Waals surface area contributed by atoms with Crippen LogP contribution in [-0.4, -0.2) is 74.5 Å². The Hall–Kier alpha value is -4.49. The topological polar surface area (TPSA) is 153 Å². The molecule has 5 rings (SSSR count). The van der Waals surface area contributed by atoms with E-state index in [0.717, 1.165) is 44.2 Å². The van der Waals surface area contributed by atoms with E-state index in [4.69, 9.17) is 4.74 Å². The number of hydrogen-bond donors (Lipinski definition) is 1. The van der Waals surface area contributed by atoms with Gasteiger partial charge in [-0.25, -0.2) is 4.98 Å². The quantitative estimate of drug-likeness (QED) is 0.155. The van der Waals surface area contributed by atoms with Crippen LogP contribution in [0.15, 0.2) is 42.9 Å². The Morgan fingerprint density at radius 1 is 0.965 bits per heavy atom. The fourth-order valence-corrected chi connectivity index (χ4v) is 8.19. The van der Waals surface area contributed by atoms with Crippen LogP contribution < -0.4 is 10.1 Å². The molecule has 1 N–H and O–H groups in total. The van der Waals surface area contributed by atoms with Gasteiger partial charge in [-0.2, -0.15) is 13.2 Å². The van der Waals surface area contributed by atoms with Gasteiger partial charge in [0.2, 0.25) is 11.7 Å². The van der Waals surface area contributed by atoms with Crippen molar-refractivity contribution < 1.29 is 46.7 Å². The Bertz CT molecular complexity index is 1770. The third-order valence-corrected chi connectivity index (χ3v) is 11.6. The first-order valence-electron chi connectivity index (χ1n) is 20.3. The van der Waals surface area contributed by atoms with Gasteiger partial charge in [-0.1, -0.05) is 59.4 Å². The second-order valence-electron chi connectivity index (χ2n) is 17.1. The molecule has 11 nitrogen and oxygen atoms in total. The van der Waals surface area contributed by atoms with Gasteiger partial charge in [0.1, 0.15) is 17.5 Å². The molecule has 2 aliphatic carbocycles. The van der Waals surface area contributed by atoms with E-state index in [1.807, 2.05) is 27.7 Å². The van der Waals surface area contributed by atoms with Crippen LogP contribution in [-0.2, 0) is 30.1 Å². The van der Waals surface area contributed by atoms with Gasteiger partial charge >= 0.3 is 6.18 Å². The molecule has 2 aromatic rings. The summed E-state index contributed by atoms with van der Waals surface area (Å²) in [6.45, 7) is 7.11. The Balaban J connectivity index is 1.42. The second-order valence-corrected chi connectivity index (χ2v) is 17.1. The average molecular weight is 797 g/mol. The summed E-state index contributed by atoms with van der Waals surface area (Å²) in [5, 5.41) is 2.88. The lowest BCUT2D eigenvalue weighted by Gasteiger charge is -2.36. The maximum atomic E-state index is 14.8. The predicted octanol–water partition coefficient (Wildman–Crippen LogP) is 7.16. The van der Waals surface area contributed by atoms with Crippen molar-refractivity contribution in [3.05, 3.63) is 54.1 Å². The van der Waals surface area contributed by atoms with Crippen molar-refractivity contribution in [2.24, 2.45) is 29.1 Å². The van der Waals surface area contributed by atoms with Crippen molar-refractivity contribution in [1.82, 2.24) is 20.2 Å². The number of ether oxygens (including phenoxy) is 1. The minimum Gasteiger partial charge on any atom is -0.488 e. The summed E-state index contributed by atoms with van der Waals surface area (Å²) in [7, 11) is 0. The minimum atomic E-state index is -4.62. The van der Waals surface area contributed by atoms with E-state index in [1.54, 1.807) is 0 Å². The molecule has 1 saturated heterocycles. The number of likely N-dealkylation sites (tertiary alicyclic amines) is 1. The number of rotatable bonds is 18. The number of ketones is 4. The molecule has 3 fully saturated rings. The first kappa shape index (κ1) is 43.6. The van der Waals surface area contributed by atoms with Crippen molar-refractivity contribution in [1.29, 1.82) is 0 Å². The molecule has 0 spiro atoms. The van der Waals surface area contributed by atoms with E-state index in [2.05, 4.69) is 15.3 Å². The predicted molar refractivity (Wildman–Crippen MR) is 204 cm³/mol. The summed E-state index contributed by atoms with van der Waals surface area (Å²) in [5.74, 6) is -4.88. The van der Waals surface area contributed by atoms with Crippen LogP contribution in [0.25, 0.3) is 0 Å². The molecule has 3 aliphatic rings. The summed E-state index contributed by atoms with van der Waals surface area (Å²) < 4.78 is 46.7.